The first-order chi connectivity index (χ1) is 8.82. The van der Waals surface area contributed by atoms with Crippen LogP contribution in [0, 0.1) is 0 Å². The number of hydrogen-bond donors (Lipinski definition) is 1. The van der Waals surface area contributed by atoms with Crippen LogP contribution in [0.4, 0.5) is 13.2 Å². The number of benzene rings is 1. The van der Waals surface area contributed by atoms with Crippen molar-refractivity contribution in [2.45, 2.75) is 36.9 Å². The molecule has 1 aliphatic rings. The molecule has 0 spiro atoms. The predicted molar refractivity (Wildman–Crippen MR) is 70.2 cm³/mol. The maximum atomic E-state index is 12.4. The number of ether oxygens (including phenoxy) is 1. The Hall–Kier alpha value is -0.880. The van der Waals surface area contributed by atoms with Crippen LogP contribution in [0.1, 0.15) is 31.4 Å². The van der Waals surface area contributed by atoms with E-state index in [9.17, 15) is 13.2 Å². The highest BCUT2D eigenvalue weighted by molar-refractivity contribution is 8.00. The smallest absolute Gasteiger partial charge is 0.405 e. The van der Waals surface area contributed by atoms with Crippen molar-refractivity contribution in [1.82, 2.24) is 0 Å². The lowest BCUT2D eigenvalue weighted by Gasteiger charge is -2.31. The number of thioether (sulfide) groups is 1. The van der Waals surface area contributed by atoms with Crippen LogP contribution in [0.15, 0.2) is 24.3 Å². The van der Waals surface area contributed by atoms with Gasteiger partial charge in [-0.2, -0.15) is 11.8 Å². The molecule has 2 rings (SSSR count). The molecule has 106 valence electrons. The number of para-hydroxylation sites is 1. The van der Waals surface area contributed by atoms with Crippen molar-refractivity contribution in [3.63, 3.8) is 0 Å². The van der Waals surface area contributed by atoms with E-state index in [2.05, 4.69) is 4.74 Å². The third-order valence-corrected chi connectivity index (χ3v) is 5.00. The lowest BCUT2D eigenvalue weighted by atomic mass is 9.90. The minimum Gasteiger partial charge on any atom is -0.405 e. The Morgan fingerprint density at radius 1 is 1.37 bits per heavy atom. The molecule has 0 aromatic heterocycles. The number of rotatable bonds is 3. The second kappa shape index (κ2) is 5.25. The van der Waals surface area contributed by atoms with E-state index < -0.39 is 12.4 Å². The van der Waals surface area contributed by atoms with Crippen LogP contribution in [0.5, 0.6) is 5.75 Å². The Morgan fingerprint density at radius 2 is 2.05 bits per heavy atom. The summed E-state index contributed by atoms with van der Waals surface area (Å²) in [5.41, 5.74) is 6.60. The maximum Gasteiger partial charge on any atom is 0.573 e. The van der Waals surface area contributed by atoms with E-state index >= 15 is 0 Å². The van der Waals surface area contributed by atoms with Crippen molar-refractivity contribution in [2.75, 3.05) is 5.75 Å². The largest absolute Gasteiger partial charge is 0.573 e. The zero-order chi connectivity index (χ0) is 14.1. The number of halogens is 3. The monoisotopic (exact) mass is 291 g/mol. The average Bonchev–Trinajstić information content (AvgIpc) is 2.75. The first-order valence-corrected chi connectivity index (χ1v) is 7.05. The van der Waals surface area contributed by atoms with Crippen LogP contribution < -0.4 is 10.5 Å². The highest BCUT2D eigenvalue weighted by atomic mass is 32.2. The molecule has 2 atom stereocenters. The van der Waals surface area contributed by atoms with Crippen LogP contribution in [-0.2, 0) is 0 Å². The third kappa shape index (κ3) is 3.36. The molecule has 2 nitrogen and oxygen atoms in total. The van der Waals surface area contributed by atoms with Crippen LogP contribution in [0.3, 0.4) is 0 Å². The van der Waals surface area contributed by atoms with E-state index in [1.165, 1.54) is 12.1 Å². The van der Waals surface area contributed by atoms with E-state index in [1.54, 1.807) is 23.9 Å². The Kier molecular flexibility index (Phi) is 4.01. The lowest BCUT2D eigenvalue weighted by Crippen LogP contribution is -2.34. The van der Waals surface area contributed by atoms with Crippen molar-refractivity contribution in [2.24, 2.45) is 5.73 Å². The molecular formula is C13H16F3NOS. The molecule has 1 heterocycles. The fourth-order valence-electron chi connectivity index (χ4n) is 2.33. The summed E-state index contributed by atoms with van der Waals surface area (Å²) in [6.07, 6.45) is -2.75. The SMILES string of the molecule is CC1(C(N)c2ccccc2OC(F)(F)F)CCCS1. The van der Waals surface area contributed by atoms with Crippen LogP contribution in [-0.4, -0.2) is 16.9 Å². The van der Waals surface area contributed by atoms with Gasteiger partial charge in [0.2, 0.25) is 0 Å². The van der Waals surface area contributed by atoms with Gasteiger partial charge in [0.05, 0.1) is 0 Å². The van der Waals surface area contributed by atoms with Crippen molar-refractivity contribution in [1.29, 1.82) is 0 Å². The summed E-state index contributed by atoms with van der Waals surface area (Å²) < 4.78 is 41.0. The first-order valence-electron chi connectivity index (χ1n) is 6.06. The number of alkyl halides is 3. The molecule has 1 aromatic rings. The topological polar surface area (TPSA) is 35.2 Å². The van der Waals surface area contributed by atoms with Gasteiger partial charge in [-0.15, -0.1) is 13.2 Å². The molecule has 1 aliphatic heterocycles. The maximum absolute atomic E-state index is 12.4. The molecule has 0 amide bonds. The van der Waals surface area contributed by atoms with Gasteiger partial charge in [0.25, 0.3) is 0 Å². The Balaban J connectivity index is 2.29. The van der Waals surface area contributed by atoms with Gasteiger partial charge in [0, 0.05) is 16.4 Å². The normalized spacial score (nSPS) is 25.3. The summed E-state index contributed by atoms with van der Waals surface area (Å²) in [5.74, 6) is 0.795. The molecule has 19 heavy (non-hydrogen) atoms. The summed E-state index contributed by atoms with van der Waals surface area (Å²) >= 11 is 1.71. The van der Waals surface area contributed by atoms with Gasteiger partial charge < -0.3 is 10.5 Å². The molecule has 6 heteroatoms. The van der Waals surface area contributed by atoms with Gasteiger partial charge in [0.15, 0.2) is 0 Å². The highest BCUT2D eigenvalue weighted by Gasteiger charge is 2.39. The molecule has 0 aliphatic carbocycles. The molecule has 1 aromatic carbocycles. The molecule has 0 bridgehead atoms. The second-order valence-corrected chi connectivity index (χ2v) is 6.46. The van der Waals surface area contributed by atoms with E-state index in [4.69, 9.17) is 5.73 Å². The summed E-state index contributed by atoms with van der Waals surface area (Å²) in [5, 5.41) is 0. The van der Waals surface area contributed by atoms with Gasteiger partial charge >= 0.3 is 6.36 Å². The summed E-state index contributed by atoms with van der Waals surface area (Å²) in [4.78, 5) is 0. The van der Waals surface area contributed by atoms with Gasteiger partial charge in [-0.25, -0.2) is 0 Å². The zero-order valence-corrected chi connectivity index (χ0v) is 11.4. The third-order valence-electron chi connectivity index (χ3n) is 3.39. The van der Waals surface area contributed by atoms with Gasteiger partial charge in [-0.1, -0.05) is 18.2 Å². The zero-order valence-electron chi connectivity index (χ0n) is 10.5. The Labute approximate surface area is 114 Å². The first kappa shape index (κ1) is 14.5. The summed E-state index contributed by atoms with van der Waals surface area (Å²) in [6.45, 7) is 2.00. The molecule has 0 saturated carbocycles. The molecule has 1 saturated heterocycles. The molecule has 0 radical (unpaired) electrons. The van der Waals surface area contributed by atoms with Crippen LogP contribution in [0.2, 0.25) is 0 Å². The van der Waals surface area contributed by atoms with E-state index in [0.29, 0.717) is 5.56 Å². The van der Waals surface area contributed by atoms with Crippen molar-refractivity contribution >= 4 is 11.8 Å². The second-order valence-electron chi connectivity index (χ2n) is 4.83. The minimum absolute atomic E-state index is 0.198. The van der Waals surface area contributed by atoms with Gasteiger partial charge in [-0.3, -0.25) is 0 Å². The quantitative estimate of drug-likeness (QED) is 0.918. The summed E-state index contributed by atoms with van der Waals surface area (Å²) in [7, 11) is 0. The van der Waals surface area contributed by atoms with E-state index in [-0.39, 0.29) is 10.5 Å². The fourth-order valence-corrected chi connectivity index (χ4v) is 3.68. The van der Waals surface area contributed by atoms with E-state index in [0.717, 1.165) is 18.6 Å². The van der Waals surface area contributed by atoms with Crippen LogP contribution >= 0.6 is 11.8 Å². The highest BCUT2D eigenvalue weighted by Crippen LogP contribution is 2.47. The Bertz CT molecular complexity index is 444. The average molecular weight is 291 g/mol. The van der Waals surface area contributed by atoms with E-state index in [1.807, 2.05) is 6.92 Å². The minimum atomic E-state index is -4.69. The Morgan fingerprint density at radius 3 is 2.63 bits per heavy atom. The van der Waals surface area contributed by atoms with Crippen molar-refractivity contribution in [3.8, 4) is 5.75 Å². The molecule has 2 N–H and O–H groups in total. The molecular weight excluding hydrogens is 275 g/mol. The fraction of sp³-hybridized carbons (Fsp3) is 0.538. The van der Waals surface area contributed by atoms with Crippen molar-refractivity contribution < 1.29 is 17.9 Å². The molecule has 2 unspecified atom stereocenters. The standard InChI is InChI=1S/C13H16F3NOS/c1-12(7-4-8-19-12)11(17)9-5-2-3-6-10(9)18-13(14,15)16/h2-3,5-6,11H,4,7-8,17H2,1H3. The van der Waals surface area contributed by atoms with Gasteiger partial charge in [-0.05, 0) is 31.6 Å². The molecule has 1 fully saturated rings. The van der Waals surface area contributed by atoms with Crippen molar-refractivity contribution in [3.05, 3.63) is 29.8 Å². The number of nitrogens with two attached hydrogens (primary N) is 1. The predicted octanol–water partition coefficient (Wildman–Crippen LogP) is 3.87. The lowest BCUT2D eigenvalue weighted by molar-refractivity contribution is -0.275. The summed E-state index contributed by atoms with van der Waals surface area (Å²) in [6, 6.07) is 5.64. The van der Waals surface area contributed by atoms with Gasteiger partial charge in [0.1, 0.15) is 5.75 Å². The number of hydrogen-bond acceptors (Lipinski definition) is 3. The van der Waals surface area contributed by atoms with Crippen LogP contribution in [0.25, 0.3) is 0 Å².